The number of halogens is 1. The van der Waals surface area contributed by atoms with Gasteiger partial charge in [0.05, 0.1) is 0 Å². The first-order valence-electron chi connectivity index (χ1n) is 25.8. The van der Waals surface area contributed by atoms with E-state index in [1.807, 2.05) is 0 Å². The van der Waals surface area contributed by atoms with Crippen LogP contribution in [-0.2, 0) is 15.3 Å². The summed E-state index contributed by atoms with van der Waals surface area (Å²) < 4.78 is 27.1. The van der Waals surface area contributed by atoms with Crippen LogP contribution in [0, 0.1) is 31.6 Å². The number of hydrogen-bond acceptors (Lipinski definition) is 4. The normalized spacial score (nSPS) is 17.3. The lowest BCUT2D eigenvalue weighted by atomic mass is 9.84. The van der Waals surface area contributed by atoms with E-state index in [-0.39, 0.29) is 11.9 Å². The molecule has 6 heteroatoms. The summed E-state index contributed by atoms with van der Waals surface area (Å²) in [4.78, 5) is 0. The van der Waals surface area contributed by atoms with Crippen molar-refractivity contribution in [1.29, 1.82) is 0 Å². The Kier molecular flexibility index (Phi) is 30.2. The van der Waals surface area contributed by atoms with Gasteiger partial charge in [0, 0.05) is 23.9 Å². The van der Waals surface area contributed by atoms with Gasteiger partial charge in [-0.25, -0.2) is 0 Å². The highest BCUT2D eigenvalue weighted by Crippen LogP contribution is 2.43. The Balaban J connectivity index is 1.91. The molecule has 0 saturated heterocycles. The Labute approximate surface area is 383 Å². The number of benzene rings is 1. The predicted octanol–water partition coefficient (Wildman–Crippen LogP) is 18.3. The summed E-state index contributed by atoms with van der Waals surface area (Å²) in [5, 5.41) is 1.08. The molecular weight excluding hydrogens is 821 g/mol. The molecule has 0 radical (unpaired) electrons. The first kappa shape index (κ1) is 55.3. The van der Waals surface area contributed by atoms with Crippen molar-refractivity contribution >= 4 is 24.5 Å². The van der Waals surface area contributed by atoms with Crippen molar-refractivity contribution in [3.63, 3.8) is 0 Å². The van der Waals surface area contributed by atoms with Crippen LogP contribution in [0.25, 0.3) is 0 Å². The van der Waals surface area contributed by atoms with Crippen molar-refractivity contribution < 1.29 is 18.3 Å². The second-order valence-electron chi connectivity index (χ2n) is 20.4. The average molecular weight is 920 g/mol. The van der Waals surface area contributed by atoms with E-state index in [1.165, 1.54) is 164 Å². The van der Waals surface area contributed by atoms with Gasteiger partial charge in [-0.2, -0.15) is 0 Å². The Morgan fingerprint density at radius 1 is 0.717 bits per heavy atom. The fourth-order valence-electron chi connectivity index (χ4n) is 9.04. The molecule has 0 spiro atoms. The molecular formula is C54H99BrO4Si. The Bertz CT molecular complexity index is 1250. The molecule has 0 saturated carbocycles. The fourth-order valence-corrected chi connectivity index (χ4v) is 10.9. The molecule has 0 aromatic heterocycles. The average Bonchev–Trinajstić information content (AvgIpc) is 3.19. The Morgan fingerprint density at radius 3 is 1.92 bits per heavy atom. The van der Waals surface area contributed by atoms with Crippen LogP contribution in [0.1, 0.15) is 238 Å². The summed E-state index contributed by atoms with van der Waals surface area (Å²) >= 11 is 3.56. The minimum absolute atomic E-state index is 0.103. The zero-order valence-corrected chi connectivity index (χ0v) is 44.1. The Morgan fingerprint density at radius 2 is 1.28 bits per heavy atom. The summed E-state index contributed by atoms with van der Waals surface area (Å²) in [6.45, 7) is 23.9. The molecule has 350 valence electrons. The van der Waals surface area contributed by atoms with Crippen molar-refractivity contribution in [2.24, 2.45) is 17.8 Å². The maximum atomic E-state index is 6.95. The molecule has 4 unspecified atom stereocenters. The summed E-state index contributed by atoms with van der Waals surface area (Å²) in [6.07, 6.45) is 41.2. The van der Waals surface area contributed by atoms with Crippen LogP contribution in [0.4, 0.5) is 0 Å². The minimum atomic E-state index is -2.39. The zero-order valence-electron chi connectivity index (χ0n) is 41.5. The molecule has 1 aromatic carbocycles. The van der Waals surface area contributed by atoms with E-state index in [0.717, 1.165) is 79.7 Å². The lowest BCUT2D eigenvalue weighted by molar-refractivity contribution is -0.0312. The largest absolute Gasteiger partial charge is 0.487 e. The quantitative estimate of drug-likeness (QED) is 0.0218. The molecule has 4 nitrogen and oxygen atoms in total. The van der Waals surface area contributed by atoms with Crippen LogP contribution in [0.5, 0.6) is 11.5 Å². The van der Waals surface area contributed by atoms with Gasteiger partial charge in [-0.3, -0.25) is 0 Å². The first-order valence-corrected chi connectivity index (χ1v) is 29.7. The topological polar surface area (TPSA) is 36.9 Å². The van der Waals surface area contributed by atoms with Crippen LogP contribution in [0.2, 0.25) is 13.1 Å². The third-order valence-electron chi connectivity index (χ3n) is 13.2. The summed E-state index contributed by atoms with van der Waals surface area (Å²) in [7, 11) is -2.39. The van der Waals surface area contributed by atoms with Crippen LogP contribution < -0.4 is 9.47 Å². The minimum Gasteiger partial charge on any atom is -0.487 e. The second kappa shape index (κ2) is 32.8. The highest BCUT2D eigenvalue weighted by atomic mass is 79.9. The molecule has 0 fully saturated rings. The van der Waals surface area contributed by atoms with E-state index < -0.39 is 8.56 Å². The maximum Gasteiger partial charge on any atom is 0.334 e. The van der Waals surface area contributed by atoms with E-state index in [2.05, 4.69) is 103 Å². The standard InChI is InChI=1S/C54H99BrO4Si/c1-11-12-13-14-15-16-17-18-19-20-21-22-23-24-27-38-52(59-60(9,10)56-43-29-26-25-28-42-55)57-51-44-48(6)53-50(49(51)7)39-41-54(8,58-53)40-32-37-47(5)36-31-35-46(4)34-30-33-45(2)3/h18-19,44-47,52H,11-17,20-43H2,1-10H3/b19-18-. The molecule has 60 heavy (non-hydrogen) atoms. The van der Waals surface area contributed by atoms with Crippen LogP contribution >= 0.6 is 15.9 Å². The molecule has 1 aliphatic heterocycles. The van der Waals surface area contributed by atoms with E-state index in [1.54, 1.807) is 0 Å². The molecule has 0 N–H and O–H groups in total. The number of aryl methyl sites for hydroxylation is 1. The van der Waals surface area contributed by atoms with E-state index in [9.17, 15) is 0 Å². The van der Waals surface area contributed by atoms with Gasteiger partial charge in [-0.1, -0.05) is 172 Å². The van der Waals surface area contributed by atoms with E-state index >= 15 is 0 Å². The van der Waals surface area contributed by atoms with Gasteiger partial charge in [-0.15, -0.1) is 0 Å². The van der Waals surface area contributed by atoms with E-state index in [4.69, 9.17) is 18.3 Å². The first-order chi connectivity index (χ1) is 28.8. The third-order valence-corrected chi connectivity index (χ3v) is 15.5. The van der Waals surface area contributed by atoms with Crippen LogP contribution in [-0.4, -0.2) is 32.4 Å². The second-order valence-corrected chi connectivity index (χ2v) is 24.5. The van der Waals surface area contributed by atoms with Crippen molar-refractivity contribution in [3.8, 4) is 11.5 Å². The number of allylic oxidation sites excluding steroid dienone is 2. The molecule has 0 amide bonds. The number of ether oxygens (including phenoxy) is 2. The van der Waals surface area contributed by atoms with Crippen molar-refractivity contribution in [2.75, 3.05) is 11.9 Å². The number of alkyl halides is 1. The monoisotopic (exact) mass is 919 g/mol. The van der Waals surface area contributed by atoms with Gasteiger partial charge in [0.2, 0.25) is 0 Å². The van der Waals surface area contributed by atoms with Crippen LogP contribution in [0.3, 0.4) is 0 Å². The van der Waals surface area contributed by atoms with Gasteiger partial charge >= 0.3 is 8.56 Å². The lowest BCUT2D eigenvalue weighted by Crippen LogP contribution is -2.41. The van der Waals surface area contributed by atoms with Crippen molar-refractivity contribution in [3.05, 3.63) is 34.9 Å². The number of unbranched alkanes of at least 4 members (excludes halogenated alkanes) is 14. The predicted molar refractivity (Wildman–Crippen MR) is 269 cm³/mol. The molecule has 1 aliphatic rings. The van der Waals surface area contributed by atoms with Gasteiger partial charge in [0.1, 0.15) is 17.1 Å². The SMILES string of the molecule is CCCCCCCC/C=C\CCCCCCCC(Oc1cc(C)c2c(c1C)CCC(C)(CCCC(C)CCCC(C)CCCC(C)C)O2)O[Si](C)(C)OCCCCCCBr. The molecule has 0 bridgehead atoms. The Hall–Kier alpha value is -0.823. The van der Waals surface area contributed by atoms with Crippen molar-refractivity contribution in [2.45, 2.75) is 267 Å². The number of hydrogen-bond donors (Lipinski definition) is 0. The van der Waals surface area contributed by atoms with Crippen molar-refractivity contribution in [1.82, 2.24) is 0 Å². The highest BCUT2D eigenvalue weighted by Gasteiger charge is 2.35. The lowest BCUT2D eigenvalue weighted by Gasteiger charge is -2.38. The zero-order chi connectivity index (χ0) is 44.1. The summed E-state index contributed by atoms with van der Waals surface area (Å²) in [6, 6.07) is 2.22. The third kappa shape index (κ3) is 25.5. The molecule has 1 aromatic rings. The van der Waals surface area contributed by atoms with E-state index in [0.29, 0.717) is 0 Å². The summed E-state index contributed by atoms with van der Waals surface area (Å²) in [5.74, 6) is 4.55. The highest BCUT2D eigenvalue weighted by molar-refractivity contribution is 9.09. The van der Waals surface area contributed by atoms with Gasteiger partial charge < -0.3 is 18.3 Å². The number of fused-ring (bicyclic) bond motifs is 1. The molecule has 4 atom stereocenters. The molecule has 1 heterocycles. The fraction of sp³-hybridized carbons (Fsp3) is 0.852. The van der Waals surface area contributed by atoms with Crippen LogP contribution in [0.15, 0.2) is 18.2 Å². The van der Waals surface area contributed by atoms with Gasteiger partial charge in [-0.05, 0) is 139 Å². The molecule has 0 aliphatic carbocycles. The summed E-state index contributed by atoms with van der Waals surface area (Å²) in [5.41, 5.74) is 3.63. The molecule has 2 rings (SSSR count). The van der Waals surface area contributed by atoms with Gasteiger partial charge in [0.15, 0.2) is 6.29 Å². The maximum absolute atomic E-state index is 6.95. The number of rotatable bonds is 38. The smallest absolute Gasteiger partial charge is 0.334 e. The van der Waals surface area contributed by atoms with Gasteiger partial charge in [0.25, 0.3) is 0 Å².